The van der Waals surface area contributed by atoms with Crippen molar-refractivity contribution in [3.05, 3.63) is 90.5 Å². The molecule has 3 atom stereocenters. The van der Waals surface area contributed by atoms with Crippen molar-refractivity contribution in [2.45, 2.75) is 26.0 Å². The van der Waals surface area contributed by atoms with Gasteiger partial charge in [0, 0.05) is 0 Å². The molecule has 6 heteroatoms. The van der Waals surface area contributed by atoms with E-state index in [2.05, 4.69) is 0 Å². The van der Waals surface area contributed by atoms with Gasteiger partial charge in [0.2, 0.25) is 5.91 Å². The van der Waals surface area contributed by atoms with Crippen molar-refractivity contribution in [1.82, 2.24) is 0 Å². The Labute approximate surface area is 186 Å². The molecule has 2 amide bonds. The summed E-state index contributed by atoms with van der Waals surface area (Å²) in [7, 11) is 0. The van der Waals surface area contributed by atoms with Gasteiger partial charge in [0.25, 0.3) is 5.91 Å². The number of imide groups is 1. The van der Waals surface area contributed by atoms with E-state index >= 15 is 0 Å². The van der Waals surface area contributed by atoms with E-state index in [-0.39, 0.29) is 11.8 Å². The molecule has 2 aliphatic heterocycles. The number of rotatable bonds is 5. The third kappa shape index (κ3) is 2.99. The summed E-state index contributed by atoms with van der Waals surface area (Å²) < 4.78 is 5.49. The number of hydrogen-bond acceptors (Lipinski definition) is 5. The molecule has 2 heterocycles. The third-order valence-corrected chi connectivity index (χ3v) is 6.21. The second-order valence-electron chi connectivity index (χ2n) is 8.15. The van der Waals surface area contributed by atoms with Gasteiger partial charge in [-0.05, 0) is 55.8 Å². The van der Waals surface area contributed by atoms with Crippen LogP contribution in [0.3, 0.4) is 0 Å². The SMILES string of the molecule is CCOc1ccc(N2C(=O)[C@@H]3ON(c4ccccc4)[C@@H](c4ccccc4)[C@@]3(C)C2=O)cc1. The van der Waals surface area contributed by atoms with Gasteiger partial charge < -0.3 is 4.74 Å². The van der Waals surface area contributed by atoms with Crippen LogP contribution in [-0.2, 0) is 14.4 Å². The second kappa shape index (κ2) is 7.80. The first kappa shape index (κ1) is 20.3. The number of para-hydroxylation sites is 1. The Morgan fingerprint density at radius 2 is 1.50 bits per heavy atom. The number of ether oxygens (including phenoxy) is 1. The van der Waals surface area contributed by atoms with Crippen molar-refractivity contribution >= 4 is 23.2 Å². The molecule has 162 valence electrons. The number of hydroxylamine groups is 1. The van der Waals surface area contributed by atoms with E-state index in [1.807, 2.05) is 74.5 Å². The highest BCUT2D eigenvalue weighted by molar-refractivity contribution is 6.25. The van der Waals surface area contributed by atoms with Crippen LogP contribution in [0, 0.1) is 5.41 Å². The molecular weight excluding hydrogens is 404 g/mol. The highest BCUT2D eigenvalue weighted by Gasteiger charge is 2.68. The molecule has 0 aliphatic carbocycles. The summed E-state index contributed by atoms with van der Waals surface area (Å²) in [5, 5.41) is 1.71. The molecule has 0 saturated carbocycles. The number of carbonyl (C=O) groups is 2. The molecule has 0 spiro atoms. The number of benzene rings is 3. The fraction of sp³-hybridized carbons (Fsp3) is 0.231. The summed E-state index contributed by atoms with van der Waals surface area (Å²) in [5.74, 6) is 0.0559. The van der Waals surface area contributed by atoms with E-state index in [1.165, 1.54) is 4.90 Å². The molecule has 2 saturated heterocycles. The fourth-order valence-corrected chi connectivity index (χ4v) is 4.66. The van der Waals surface area contributed by atoms with Crippen molar-refractivity contribution in [3.63, 3.8) is 0 Å². The average Bonchev–Trinajstić information content (AvgIpc) is 3.24. The molecule has 5 rings (SSSR count). The maximum atomic E-state index is 13.9. The Kier molecular flexibility index (Phi) is 4.94. The van der Waals surface area contributed by atoms with Gasteiger partial charge in [-0.1, -0.05) is 48.5 Å². The number of carbonyl (C=O) groups excluding carboxylic acids is 2. The van der Waals surface area contributed by atoms with Crippen LogP contribution >= 0.6 is 0 Å². The number of hydrogen-bond donors (Lipinski definition) is 0. The zero-order valence-corrected chi connectivity index (χ0v) is 18.0. The van der Waals surface area contributed by atoms with E-state index in [4.69, 9.17) is 9.57 Å². The Morgan fingerprint density at radius 3 is 2.12 bits per heavy atom. The molecule has 2 fully saturated rings. The smallest absolute Gasteiger partial charge is 0.266 e. The normalized spacial score (nSPS) is 24.7. The summed E-state index contributed by atoms with van der Waals surface area (Å²) in [6.07, 6.45) is -0.924. The summed E-state index contributed by atoms with van der Waals surface area (Å²) in [4.78, 5) is 34.8. The van der Waals surface area contributed by atoms with Crippen LogP contribution in [0.5, 0.6) is 5.75 Å². The van der Waals surface area contributed by atoms with E-state index in [9.17, 15) is 9.59 Å². The van der Waals surface area contributed by atoms with Crippen molar-refractivity contribution < 1.29 is 19.2 Å². The summed E-state index contributed by atoms with van der Waals surface area (Å²) in [5.41, 5.74) is 1.13. The fourth-order valence-electron chi connectivity index (χ4n) is 4.66. The molecule has 6 nitrogen and oxygen atoms in total. The van der Waals surface area contributed by atoms with Gasteiger partial charge in [0.05, 0.1) is 24.0 Å². The molecule has 3 aromatic rings. The monoisotopic (exact) mass is 428 g/mol. The lowest BCUT2D eigenvalue weighted by Gasteiger charge is -2.32. The maximum absolute atomic E-state index is 13.9. The molecule has 0 N–H and O–H groups in total. The molecule has 0 radical (unpaired) electrons. The van der Waals surface area contributed by atoms with Crippen molar-refractivity contribution in [2.24, 2.45) is 5.41 Å². The Bertz CT molecular complexity index is 1130. The predicted molar refractivity (Wildman–Crippen MR) is 121 cm³/mol. The van der Waals surface area contributed by atoms with Gasteiger partial charge in [-0.2, -0.15) is 0 Å². The van der Waals surface area contributed by atoms with E-state index in [0.29, 0.717) is 18.0 Å². The number of fused-ring (bicyclic) bond motifs is 1. The van der Waals surface area contributed by atoms with Crippen molar-refractivity contribution in [2.75, 3.05) is 16.6 Å². The number of anilines is 2. The molecule has 0 unspecified atom stereocenters. The van der Waals surface area contributed by atoms with Gasteiger partial charge in [-0.15, -0.1) is 0 Å². The quantitative estimate of drug-likeness (QED) is 0.559. The first-order valence-corrected chi connectivity index (χ1v) is 10.7. The highest BCUT2D eigenvalue weighted by atomic mass is 16.7. The topological polar surface area (TPSA) is 59.1 Å². The summed E-state index contributed by atoms with van der Waals surface area (Å²) in [6, 6.07) is 25.8. The van der Waals surface area contributed by atoms with Crippen LogP contribution in [-0.4, -0.2) is 24.5 Å². The minimum Gasteiger partial charge on any atom is -0.494 e. The average molecular weight is 428 g/mol. The van der Waals surface area contributed by atoms with Crippen LogP contribution in [0.2, 0.25) is 0 Å². The van der Waals surface area contributed by atoms with E-state index in [1.54, 1.807) is 29.3 Å². The predicted octanol–water partition coefficient (Wildman–Crippen LogP) is 4.53. The lowest BCUT2D eigenvalue weighted by atomic mass is 9.76. The van der Waals surface area contributed by atoms with Crippen LogP contribution in [0.1, 0.15) is 25.5 Å². The molecule has 3 aromatic carbocycles. The molecular formula is C26H24N2O4. The van der Waals surface area contributed by atoms with Crippen LogP contribution in [0.25, 0.3) is 0 Å². The third-order valence-electron chi connectivity index (χ3n) is 6.21. The molecule has 2 aliphatic rings. The van der Waals surface area contributed by atoms with Gasteiger partial charge in [-0.3, -0.25) is 14.4 Å². The Hall–Kier alpha value is -3.64. The first-order valence-electron chi connectivity index (χ1n) is 10.7. The van der Waals surface area contributed by atoms with Gasteiger partial charge in [0.1, 0.15) is 11.2 Å². The van der Waals surface area contributed by atoms with Crippen molar-refractivity contribution in [1.29, 1.82) is 0 Å². The van der Waals surface area contributed by atoms with Crippen LogP contribution in [0.4, 0.5) is 11.4 Å². The number of amides is 2. The van der Waals surface area contributed by atoms with Gasteiger partial charge in [0.15, 0.2) is 6.10 Å². The number of nitrogens with zero attached hydrogens (tertiary/aromatic N) is 2. The summed E-state index contributed by atoms with van der Waals surface area (Å²) in [6.45, 7) is 4.28. The van der Waals surface area contributed by atoms with Crippen LogP contribution < -0.4 is 14.7 Å². The summed E-state index contributed by atoms with van der Waals surface area (Å²) >= 11 is 0. The molecule has 0 aromatic heterocycles. The molecule has 32 heavy (non-hydrogen) atoms. The van der Waals surface area contributed by atoms with Gasteiger partial charge >= 0.3 is 0 Å². The maximum Gasteiger partial charge on any atom is 0.266 e. The van der Waals surface area contributed by atoms with Crippen molar-refractivity contribution in [3.8, 4) is 5.75 Å². The Balaban J connectivity index is 1.57. The second-order valence-corrected chi connectivity index (χ2v) is 8.15. The first-order chi connectivity index (χ1) is 15.6. The minimum atomic E-state index is -1.09. The van der Waals surface area contributed by atoms with E-state index < -0.39 is 17.6 Å². The molecule has 0 bridgehead atoms. The lowest BCUT2D eigenvalue weighted by Crippen LogP contribution is -2.41. The largest absolute Gasteiger partial charge is 0.494 e. The van der Waals surface area contributed by atoms with Gasteiger partial charge in [-0.25, -0.2) is 9.96 Å². The van der Waals surface area contributed by atoms with Crippen LogP contribution in [0.15, 0.2) is 84.9 Å². The minimum absolute atomic E-state index is 0.274. The lowest BCUT2D eigenvalue weighted by molar-refractivity contribution is -0.128. The Morgan fingerprint density at radius 1 is 0.875 bits per heavy atom. The van der Waals surface area contributed by atoms with E-state index in [0.717, 1.165) is 11.3 Å². The highest BCUT2D eigenvalue weighted by Crippen LogP contribution is 2.55. The standard InChI is InChI=1S/C26H24N2O4/c1-3-31-21-16-14-19(15-17-21)27-24(29)23-26(2,25(27)30)22(18-10-6-4-7-11-18)28(32-23)20-12-8-5-9-13-20/h4-17,22-23H,3H2,1-2H3/t22-,23-,26+/m0/s1. The zero-order chi connectivity index (χ0) is 22.3. The zero-order valence-electron chi connectivity index (χ0n) is 18.0.